The maximum absolute atomic E-state index is 12.6. The third kappa shape index (κ3) is 1.42. The maximum Gasteiger partial charge on any atom is 0.238 e. The molecule has 0 radical (unpaired) electrons. The lowest BCUT2D eigenvalue weighted by atomic mass is 9.85. The quantitative estimate of drug-likeness (QED) is 0.589. The second kappa shape index (κ2) is 4.09. The molecule has 0 unspecified atom stereocenters. The number of anilines is 1. The van der Waals surface area contributed by atoms with Crippen molar-refractivity contribution in [1.29, 1.82) is 0 Å². The molecule has 3 nitrogen and oxygen atoms in total. The highest BCUT2D eigenvalue weighted by Crippen LogP contribution is 2.53. The second-order valence-corrected chi connectivity index (χ2v) is 6.37. The number of carbonyl (C=O) groups excluding carboxylic acids is 2. The predicted octanol–water partition coefficient (Wildman–Crippen LogP) is 3.30. The van der Waals surface area contributed by atoms with E-state index in [1.54, 1.807) is 18.2 Å². The summed E-state index contributed by atoms with van der Waals surface area (Å²) in [5, 5.41) is 0.610. The van der Waals surface area contributed by atoms with Crippen LogP contribution in [0.15, 0.2) is 30.4 Å². The molecule has 2 amide bonds. The van der Waals surface area contributed by atoms with Gasteiger partial charge >= 0.3 is 0 Å². The fourth-order valence-corrected chi connectivity index (χ4v) is 4.18. The van der Waals surface area contributed by atoms with Gasteiger partial charge in [0.1, 0.15) is 0 Å². The number of rotatable bonds is 1. The van der Waals surface area contributed by atoms with Gasteiger partial charge in [0.25, 0.3) is 0 Å². The first-order chi connectivity index (χ1) is 9.59. The minimum atomic E-state index is -0.215. The SMILES string of the molecule is O=C1[C@@H]2[C@@H](C(=O)N1c1cccc(Cl)c1Cl)[C@H]1C=C[C@H]2C1. The highest BCUT2D eigenvalue weighted by Gasteiger charge is 2.59. The third-order valence-corrected chi connectivity index (χ3v) is 5.45. The Morgan fingerprint density at radius 2 is 1.60 bits per heavy atom. The molecule has 2 aliphatic carbocycles. The fraction of sp³-hybridized carbons (Fsp3) is 0.333. The number of benzene rings is 1. The summed E-state index contributed by atoms with van der Waals surface area (Å²) in [7, 11) is 0. The Kier molecular flexibility index (Phi) is 2.54. The van der Waals surface area contributed by atoms with Crippen LogP contribution in [-0.4, -0.2) is 11.8 Å². The maximum atomic E-state index is 12.6. The predicted molar refractivity (Wildman–Crippen MR) is 76.7 cm³/mol. The lowest BCUT2D eigenvalue weighted by Crippen LogP contribution is -2.33. The van der Waals surface area contributed by atoms with Gasteiger partial charge in [0, 0.05) is 0 Å². The first kappa shape index (κ1) is 12.4. The van der Waals surface area contributed by atoms with E-state index in [0.717, 1.165) is 6.42 Å². The van der Waals surface area contributed by atoms with E-state index < -0.39 is 0 Å². The van der Waals surface area contributed by atoms with E-state index in [1.165, 1.54) is 4.90 Å². The van der Waals surface area contributed by atoms with Crippen molar-refractivity contribution in [2.75, 3.05) is 4.90 Å². The highest BCUT2D eigenvalue weighted by atomic mass is 35.5. The molecule has 0 N–H and O–H groups in total. The van der Waals surface area contributed by atoms with Crippen molar-refractivity contribution in [3.63, 3.8) is 0 Å². The Bertz CT molecular complexity index is 640. The zero-order valence-corrected chi connectivity index (χ0v) is 11.9. The van der Waals surface area contributed by atoms with Gasteiger partial charge in [0.2, 0.25) is 11.8 Å². The van der Waals surface area contributed by atoms with Crippen LogP contribution in [0.1, 0.15) is 6.42 Å². The number of halogens is 2. The van der Waals surface area contributed by atoms with E-state index in [1.807, 2.05) is 0 Å². The van der Waals surface area contributed by atoms with Crippen LogP contribution in [0.3, 0.4) is 0 Å². The minimum Gasteiger partial charge on any atom is -0.274 e. The topological polar surface area (TPSA) is 37.4 Å². The van der Waals surface area contributed by atoms with Crippen LogP contribution in [0, 0.1) is 23.7 Å². The molecule has 1 aromatic carbocycles. The Morgan fingerprint density at radius 3 is 2.20 bits per heavy atom. The van der Waals surface area contributed by atoms with Gasteiger partial charge in [-0.15, -0.1) is 0 Å². The van der Waals surface area contributed by atoms with Gasteiger partial charge in [-0.05, 0) is 30.4 Å². The molecule has 1 saturated carbocycles. The highest BCUT2D eigenvalue weighted by molar-refractivity contribution is 6.44. The largest absolute Gasteiger partial charge is 0.274 e. The molecule has 4 rings (SSSR count). The van der Waals surface area contributed by atoms with Crippen LogP contribution in [0.4, 0.5) is 5.69 Å². The molecular weight excluding hydrogens is 297 g/mol. The number of fused-ring (bicyclic) bond motifs is 5. The summed E-state index contributed by atoms with van der Waals surface area (Å²) in [5.74, 6) is -0.309. The smallest absolute Gasteiger partial charge is 0.238 e. The minimum absolute atomic E-state index is 0.138. The number of nitrogens with zero attached hydrogens (tertiary/aromatic N) is 1. The van der Waals surface area contributed by atoms with Crippen LogP contribution < -0.4 is 4.90 Å². The molecule has 2 fully saturated rings. The summed E-state index contributed by atoms with van der Waals surface area (Å²) in [4.78, 5) is 26.5. The van der Waals surface area contributed by atoms with Gasteiger partial charge in [-0.2, -0.15) is 0 Å². The lowest BCUT2D eigenvalue weighted by molar-refractivity contribution is -0.123. The average molecular weight is 308 g/mol. The van der Waals surface area contributed by atoms with Crippen molar-refractivity contribution in [2.45, 2.75) is 6.42 Å². The number of allylic oxidation sites excluding steroid dienone is 2. The zero-order valence-electron chi connectivity index (χ0n) is 10.4. The molecule has 20 heavy (non-hydrogen) atoms. The van der Waals surface area contributed by atoms with Crippen LogP contribution in [-0.2, 0) is 9.59 Å². The number of hydrogen-bond donors (Lipinski definition) is 0. The number of hydrogen-bond acceptors (Lipinski definition) is 2. The number of carbonyl (C=O) groups is 2. The van der Waals surface area contributed by atoms with E-state index in [0.29, 0.717) is 10.7 Å². The second-order valence-electron chi connectivity index (χ2n) is 5.58. The van der Waals surface area contributed by atoms with Crippen LogP contribution in [0.2, 0.25) is 10.0 Å². The van der Waals surface area contributed by atoms with E-state index >= 15 is 0 Å². The van der Waals surface area contributed by atoms with Crippen LogP contribution in [0.5, 0.6) is 0 Å². The van der Waals surface area contributed by atoms with Gasteiger partial charge in [0.15, 0.2) is 0 Å². The third-order valence-electron chi connectivity index (χ3n) is 4.64. The molecule has 0 spiro atoms. The van der Waals surface area contributed by atoms with E-state index in [-0.39, 0.29) is 40.5 Å². The van der Waals surface area contributed by atoms with Crippen molar-refractivity contribution in [3.05, 3.63) is 40.4 Å². The molecule has 1 aromatic rings. The molecule has 102 valence electrons. The number of amides is 2. The molecule has 3 aliphatic rings. The first-order valence-corrected chi connectivity index (χ1v) is 7.35. The number of imide groups is 1. The van der Waals surface area contributed by atoms with Crippen molar-refractivity contribution in [3.8, 4) is 0 Å². The summed E-state index contributed by atoms with van der Waals surface area (Å²) < 4.78 is 0. The van der Waals surface area contributed by atoms with E-state index in [2.05, 4.69) is 12.2 Å². The Labute approximate surface area is 126 Å². The molecule has 1 heterocycles. The Hall–Kier alpha value is -1.32. The summed E-state index contributed by atoms with van der Waals surface area (Å²) in [5.41, 5.74) is 0.406. The Balaban J connectivity index is 1.80. The van der Waals surface area contributed by atoms with Crippen molar-refractivity contribution < 1.29 is 9.59 Å². The van der Waals surface area contributed by atoms with Crippen LogP contribution in [0.25, 0.3) is 0 Å². The van der Waals surface area contributed by atoms with Gasteiger partial charge in [-0.25, -0.2) is 4.90 Å². The van der Waals surface area contributed by atoms with Crippen molar-refractivity contribution >= 4 is 40.7 Å². The molecule has 5 heteroatoms. The van der Waals surface area contributed by atoms with Gasteiger partial charge in [-0.3, -0.25) is 9.59 Å². The lowest BCUT2D eigenvalue weighted by Gasteiger charge is -2.18. The molecule has 0 aromatic heterocycles. The summed E-state index contributed by atoms with van der Waals surface area (Å²) in [6.07, 6.45) is 5.06. The summed E-state index contributed by atoms with van der Waals surface area (Å²) in [6, 6.07) is 5.01. The molecule has 1 saturated heterocycles. The standard InChI is InChI=1S/C15H11Cl2NO2/c16-9-2-1-3-10(13(9)17)18-14(19)11-7-4-5-8(6-7)12(11)15(18)20/h1-5,7-8,11-12H,6H2/t7-,8-,11-,12-/m0/s1. The van der Waals surface area contributed by atoms with Crippen molar-refractivity contribution in [1.82, 2.24) is 0 Å². The molecule has 2 bridgehead atoms. The zero-order chi connectivity index (χ0) is 14.0. The summed E-state index contributed by atoms with van der Waals surface area (Å²) >= 11 is 12.1. The first-order valence-electron chi connectivity index (χ1n) is 6.59. The van der Waals surface area contributed by atoms with E-state index in [4.69, 9.17) is 23.2 Å². The van der Waals surface area contributed by atoms with Gasteiger partial charge < -0.3 is 0 Å². The monoisotopic (exact) mass is 307 g/mol. The van der Waals surface area contributed by atoms with Gasteiger partial charge in [-0.1, -0.05) is 41.4 Å². The molecular formula is C15H11Cl2NO2. The van der Waals surface area contributed by atoms with E-state index in [9.17, 15) is 9.59 Å². The summed E-state index contributed by atoms with van der Waals surface area (Å²) in [6.45, 7) is 0. The van der Waals surface area contributed by atoms with Crippen molar-refractivity contribution in [2.24, 2.45) is 23.7 Å². The molecule has 4 atom stereocenters. The van der Waals surface area contributed by atoms with Crippen LogP contribution >= 0.6 is 23.2 Å². The normalized spacial score (nSPS) is 34.2. The van der Waals surface area contributed by atoms with Gasteiger partial charge in [0.05, 0.1) is 27.6 Å². The average Bonchev–Trinajstić information content (AvgIpc) is 3.09. The Morgan fingerprint density at radius 1 is 1.00 bits per heavy atom. The molecule has 1 aliphatic heterocycles. The fourth-order valence-electron chi connectivity index (χ4n) is 3.80.